The lowest BCUT2D eigenvalue weighted by atomic mass is 10.5. The van der Waals surface area contributed by atoms with Crippen molar-refractivity contribution >= 4 is 37.3 Å². The van der Waals surface area contributed by atoms with E-state index in [0.717, 1.165) is 10.9 Å². The predicted octanol–water partition coefficient (Wildman–Crippen LogP) is 2.20. The quantitative estimate of drug-likeness (QED) is 0.929. The van der Waals surface area contributed by atoms with Crippen molar-refractivity contribution in [2.45, 2.75) is 23.6 Å². The summed E-state index contributed by atoms with van der Waals surface area (Å²) in [7, 11) is -3.27. The Morgan fingerprint density at radius 2 is 2.29 bits per heavy atom. The molecule has 14 heavy (non-hydrogen) atoms. The summed E-state index contributed by atoms with van der Waals surface area (Å²) >= 11 is 4.47. The Morgan fingerprint density at radius 1 is 1.64 bits per heavy atom. The van der Waals surface area contributed by atoms with Crippen molar-refractivity contribution in [2.75, 3.05) is 0 Å². The van der Waals surface area contributed by atoms with Crippen LogP contribution in [-0.2, 0) is 10.0 Å². The van der Waals surface area contributed by atoms with Crippen molar-refractivity contribution in [3.63, 3.8) is 0 Å². The van der Waals surface area contributed by atoms with Crippen LogP contribution in [0.3, 0.4) is 0 Å². The molecule has 1 fully saturated rings. The van der Waals surface area contributed by atoms with Crippen LogP contribution >= 0.6 is 27.3 Å². The highest BCUT2D eigenvalue weighted by atomic mass is 79.9. The minimum atomic E-state index is -3.27. The number of thiophene rings is 1. The van der Waals surface area contributed by atoms with Crippen LogP contribution in [0, 0.1) is 5.92 Å². The van der Waals surface area contributed by atoms with Gasteiger partial charge in [-0.25, -0.2) is 13.1 Å². The third-order valence-electron chi connectivity index (χ3n) is 2.22. The van der Waals surface area contributed by atoms with Gasteiger partial charge in [0.05, 0.1) is 0 Å². The number of hydrogen-bond acceptors (Lipinski definition) is 3. The minimum Gasteiger partial charge on any atom is -0.207 e. The number of rotatable bonds is 3. The fourth-order valence-electron chi connectivity index (χ4n) is 1.18. The molecule has 78 valence electrons. The van der Waals surface area contributed by atoms with E-state index in [1.54, 1.807) is 11.4 Å². The SMILES string of the molecule is CC1CC1NS(=O)(=O)c1cc(Br)cs1. The van der Waals surface area contributed by atoms with Crippen LogP contribution in [0.15, 0.2) is 20.1 Å². The van der Waals surface area contributed by atoms with Crippen LogP contribution in [0.2, 0.25) is 0 Å². The highest BCUT2D eigenvalue weighted by molar-refractivity contribution is 9.10. The average Bonchev–Trinajstić information content (AvgIpc) is 2.61. The lowest BCUT2D eigenvalue weighted by molar-refractivity contribution is 0.580. The Labute approximate surface area is 95.7 Å². The molecule has 6 heteroatoms. The molecule has 0 bridgehead atoms. The molecule has 1 aromatic rings. The molecular weight excluding hydrogens is 286 g/mol. The van der Waals surface area contributed by atoms with E-state index in [1.165, 1.54) is 11.3 Å². The molecule has 1 aliphatic carbocycles. The summed E-state index contributed by atoms with van der Waals surface area (Å²) in [5, 5.41) is 1.77. The van der Waals surface area contributed by atoms with Gasteiger partial charge < -0.3 is 0 Å². The fraction of sp³-hybridized carbons (Fsp3) is 0.500. The molecule has 1 aliphatic rings. The molecular formula is C8H10BrNO2S2. The summed E-state index contributed by atoms with van der Waals surface area (Å²) in [6.07, 6.45) is 0.950. The van der Waals surface area contributed by atoms with Gasteiger partial charge in [0, 0.05) is 15.9 Å². The maximum Gasteiger partial charge on any atom is 0.250 e. The molecule has 1 saturated carbocycles. The summed E-state index contributed by atoms with van der Waals surface area (Å²) < 4.78 is 27.3. The van der Waals surface area contributed by atoms with Crippen molar-refractivity contribution in [1.29, 1.82) is 0 Å². The standard InChI is InChI=1S/C8H10BrNO2S2/c1-5-2-7(5)10-14(11,12)8-3-6(9)4-13-8/h3-5,7,10H,2H2,1H3. The zero-order chi connectivity index (χ0) is 10.3. The second-order valence-electron chi connectivity index (χ2n) is 3.52. The van der Waals surface area contributed by atoms with Crippen molar-refractivity contribution in [3.8, 4) is 0 Å². The van der Waals surface area contributed by atoms with E-state index >= 15 is 0 Å². The topological polar surface area (TPSA) is 46.2 Å². The van der Waals surface area contributed by atoms with Crippen LogP contribution < -0.4 is 4.72 Å². The zero-order valence-electron chi connectivity index (χ0n) is 7.53. The van der Waals surface area contributed by atoms with Crippen LogP contribution in [0.1, 0.15) is 13.3 Å². The normalized spacial score (nSPS) is 26.4. The molecule has 1 aromatic heterocycles. The summed E-state index contributed by atoms with van der Waals surface area (Å²) in [6, 6.07) is 1.76. The molecule has 2 unspecified atom stereocenters. The Hall–Kier alpha value is 0.0900. The molecule has 0 radical (unpaired) electrons. The van der Waals surface area contributed by atoms with E-state index in [0.29, 0.717) is 10.1 Å². The van der Waals surface area contributed by atoms with Gasteiger partial charge in [-0.2, -0.15) is 0 Å². The van der Waals surface area contributed by atoms with Crippen molar-refractivity contribution < 1.29 is 8.42 Å². The largest absolute Gasteiger partial charge is 0.250 e. The maximum atomic E-state index is 11.7. The highest BCUT2D eigenvalue weighted by Crippen LogP contribution is 2.32. The van der Waals surface area contributed by atoms with Gasteiger partial charge in [0.15, 0.2) is 0 Å². The second-order valence-corrected chi connectivity index (χ2v) is 7.29. The van der Waals surface area contributed by atoms with Gasteiger partial charge in [-0.05, 0) is 34.3 Å². The fourth-order valence-corrected chi connectivity index (χ4v) is 4.40. The Kier molecular flexibility index (Phi) is 2.72. The lowest BCUT2D eigenvalue weighted by Gasteiger charge is -2.01. The average molecular weight is 296 g/mol. The molecule has 0 amide bonds. The Morgan fingerprint density at radius 3 is 2.71 bits per heavy atom. The monoisotopic (exact) mass is 295 g/mol. The second kappa shape index (κ2) is 3.59. The van der Waals surface area contributed by atoms with Gasteiger partial charge in [0.2, 0.25) is 10.0 Å². The molecule has 1 heterocycles. The van der Waals surface area contributed by atoms with Gasteiger partial charge in [-0.3, -0.25) is 0 Å². The number of halogens is 1. The van der Waals surface area contributed by atoms with Gasteiger partial charge in [-0.15, -0.1) is 11.3 Å². The van der Waals surface area contributed by atoms with Gasteiger partial charge in [0.25, 0.3) is 0 Å². The molecule has 2 atom stereocenters. The predicted molar refractivity (Wildman–Crippen MR) is 59.9 cm³/mol. The lowest BCUT2D eigenvalue weighted by Crippen LogP contribution is -2.26. The smallest absolute Gasteiger partial charge is 0.207 e. The molecule has 1 N–H and O–H groups in total. The maximum absolute atomic E-state index is 11.7. The number of nitrogens with one attached hydrogen (secondary N) is 1. The van der Waals surface area contributed by atoms with Crippen LogP contribution in [0.4, 0.5) is 0 Å². The van der Waals surface area contributed by atoms with E-state index in [1.807, 2.05) is 6.92 Å². The molecule has 2 rings (SSSR count). The van der Waals surface area contributed by atoms with Crippen molar-refractivity contribution in [3.05, 3.63) is 15.9 Å². The molecule has 0 spiro atoms. The molecule has 3 nitrogen and oxygen atoms in total. The zero-order valence-corrected chi connectivity index (χ0v) is 10.7. The van der Waals surface area contributed by atoms with E-state index in [4.69, 9.17) is 0 Å². The third-order valence-corrected chi connectivity index (χ3v) is 5.91. The van der Waals surface area contributed by atoms with Gasteiger partial charge in [0.1, 0.15) is 4.21 Å². The molecule has 0 aliphatic heterocycles. The molecule has 0 saturated heterocycles. The third kappa shape index (κ3) is 2.18. The Balaban J connectivity index is 2.16. The number of sulfonamides is 1. The first-order valence-electron chi connectivity index (χ1n) is 4.25. The van der Waals surface area contributed by atoms with E-state index in [9.17, 15) is 8.42 Å². The van der Waals surface area contributed by atoms with Crippen LogP contribution in [0.25, 0.3) is 0 Å². The molecule has 0 aromatic carbocycles. The van der Waals surface area contributed by atoms with Gasteiger partial charge in [-0.1, -0.05) is 6.92 Å². The van der Waals surface area contributed by atoms with Crippen molar-refractivity contribution in [2.24, 2.45) is 5.92 Å². The number of hydrogen-bond donors (Lipinski definition) is 1. The summed E-state index contributed by atoms with van der Waals surface area (Å²) in [6.45, 7) is 2.04. The van der Waals surface area contributed by atoms with Gasteiger partial charge >= 0.3 is 0 Å². The highest BCUT2D eigenvalue weighted by Gasteiger charge is 2.36. The van der Waals surface area contributed by atoms with E-state index in [2.05, 4.69) is 20.7 Å². The summed E-state index contributed by atoms with van der Waals surface area (Å²) in [4.78, 5) is 0. The van der Waals surface area contributed by atoms with Crippen molar-refractivity contribution in [1.82, 2.24) is 4.72 Å². The first kappa shape index (κ1) is 10.6. The Bertz CT molecular complexity index is 440. The van der Waals surface area contributed by atoms with E-state index in [-0.39, 0.29) is 6.04 Å². The van der Waals surface area contributed by atoms with E-state index < -0.39 is 10.0 Å². The summed E-state index contributed by atoms with van der Waals surface area (Å²) in [5.41, 5.74) is 0. The van der Waals surface area contributed by atoms with Crippen LogP contribution in [0.5, 0.6) is 0 Å². The minimum absolute atomic E-state index is 0.140. The first-order valence-corrected chi connectivity index (χ1v) is 7.41. The van der Waals surface area contributed by atoms with Crippen LogP contribution in [-0.4, -0.2) is 14.5 Å². The first-order chi connectivity index (χ1) is 6.49. The summed E-state index contributed by atoms with van der Waals surface area (Å²) in [5.74, 6) is 0.480.